The van der Waals surface area contributed by atoms with Crippen molar-refractivity contribution in [1.82, 2.24) is 0 Å². The highest BCUT2D eigenvalue weighted by Crippen LogP contribution is 2.56. The number of carbonyl (C=O) groups excluding carboxylic acids is 2. The monoisotopic (exact) mass is 2010 g/mol. The Labute approximate surface area is 846 Å². The zero-order valence-electron chi connectivity index (χ0n) is 82.3. The van der Waals surface area contributed by atoms with Crippen LogP contribution in [0, 0.1) is 0 Å². The first kappa shape index (κ1) is 110. The number of phosphoric ester groups is 2. The van der Waals surface area contributed by atoms with E-state index in [9.17, 15) is 14.7 Å². The molecule has 20 atom stereocenters. The van der Waals surface area contributed by atoms with E-state index in [1.165, 1.54) is 6.92 Å². The summed E-state index contributed by atoms with van der Waals surface area (Å²) >= 11 is 0. The van der Waals surface area contributed by atoms with E-state index in [0.29, 0.717) is 30.4 Å². The first-order valence-electron chi connectivity index (χ1n) is 49.8. The normalized spacial score (nSPS) is 20.7. The number of benzene rings is 11. The average Bonchev–Trinajstić information content (AvgIpc) is 1.67. The van der Waals surface area contributed by atoms with Crippen LogP contribution in [-0.4, -0.2) is 167 Å². The molecule has 1 N–H and O–H groups in total. The number of hydrogen-bond acceptors (Lipinski definition) is 27. The summed E-state index contributed by atoms with van der Waals surface area (Å²) in [6.07, 6.45) is -15.1. The Morgan fingerprint density at radius 2 is 0.500 bits per heavy atom. The number of carbonyl (C=O) groups is 2. The zero-order chi connectivity index (χ0) is 100. The number of aliphatic hydroxyl groups excluding tert-OH is 1. The quantitative estimate of drug-likeness (QED) is 0.0274. The second-order valence-corrected chi connectivity index (χ2v) is 39.0. The Balaban J connectivity index is 0.743. The molecule has 0 amide bonds. The Morgan fingerprint density at radius 3 is 0.743 bits per heavy atom. The van der Waals surface area contributed by atoms with Crippen molar-refractivity contribution in [3.05, 3.63) is 395 Å². The van der Waals surface area contributed by atoms with E-state index in [0.717, 1.165) is 50.1 Å². The summed E-state index contributed by atoms with van der Waals surface area (Å²) in [4.78, 5) is 25.1. The highest BCUT2D eigenvalue weighted by Gasteiger charge is 2.48. The van der Waals surface area contributed by atoms with Gasteiger partial charge in [-0.1, -0.05) is 354 Å². The molecule has 3 saturated heterocycles. The molecule has 3 heterocycles. The topological polar surface area (TPSA) is 292 Å². The van der Waals surface area contributed by atoms with Crippen molar-refractivity contribution in [3.63, 3.8) is 0 Å². The van der Waals surface area contributed by atoms with Crippen LogP contribution in [0.15, 0.2) is 334 Å². The van der Waals surface area contributed by atoms with Crippen molar-refractivity contribution in [2.24, 2.45) is 0 Å². The lowest BCUT2D eigenvalue weighted by molar-refractivity contribution is -0.203. The molecule has 768 valence electrons. The van der Waals surface area contributed by atoms with Crippen molar-refractivity contribution in [1.29, 1.82) is 0 Å². The smallest absolute Gasteiger partial charge is 0.459 e. The maximum Gasteiger partial charge on any atom is 0.475 e. The summed E-state index contributed by atoms with van der Waals surface area (Å²) in [5, 5.41) is 11.3. The molecule has 14 rings (SSSR count). The Morgan fingerprint density at radius 1 is 0.285 bits per heavy atom. The molecule has 3 aliphatic rings. The van der Waals surface area contributed by atoms with Crippen LogP contribution in [0.1, 0.15) is 140 Å². The molecule has 0 bridgehead atoms. The lowest BCUT2D eigenvalue weighted by Crippen LogP contribution is -2.47. The molecular weight excluding hydrogens is 1880 g/mol. The molecule has 11 aromatic rings. The molecule has 0 aromatic heterocycles. The lowest BCUT2D eigenvalue weighted by atomic mass is 10.1. The first-order valence-corrected chi connectivity index (χ1v) is 52.7. The predicted molar refractivity (Wildman–Crippen MR) is 540 cm³/mol. The van der Waals surface area contributed by atoms with Crippen molar-refractivity contribution in [2.75, 3.05) is 39.6 Å². The van der Waals surface area contributed by atoms with Gasteiger partial charge in [-0.15, -0.1) is 0 Å². The van der Waals surface area contributed by atoms with E-state index in [4.69, 9.17) is 103 Å². The van der Waals surface area contributed by atoms with E-state index >= 15 is 9.13 Å². The lowest BCUT2D eigenvalue weighted by Gasteiger charge is -2.35. The van der Waals surface area contributed by atoms with Crippen molar-refractivity contribution in [2.45, 2.75) is 262 Å². The van der Waals surface area contributed by atoms with Crippen molar-refractivity contribution in [3.8, 4) is 0 Å². The molecule has 0 aliphatic carbocycles. The molecule has 3 aliphatic heterocycles. The molecule has 29 heteroatoms. The number of Topliss-reactive ketones (excluding diaryl/α,β-unsaturated/α-hetero) is 1. The van der Waals surface area contributed by atoms with E-state index in [2.05, 4.69) is 0 Å². The number of rotatable bonds is 66. The summed E-state index contributed by atoms with van der Waals surface area (Å²) in [5.74, 6) is -0.633. The highest BCUT2D eigenvalue weighted by atomic mass is 31.2. The third-order valence-corrected chi connectivity index (χ3v) is 27.8. The van der Waals surface area contributed by atoms with Gasteiger partial charge < -0.3 is 85.7 Å². The predicted octanol–water partition coefficient (Wildman–Crippen LogP) is 21.6. The fourth-order valence-electron chi connectivity index (χ4n) is 17.0. The largest absolute Gasteiger partial charge is 0.475 e. The number of aliphatic hydroxyl groups is 1. The third kappa shape index (κ3) is 36.6. The first-order chi connectivity index (χ1) is 70.6. The summed E-state index contributed by atoms with van der Waals surface area (Å²) in [5.41, 5.74) is 8.98. The Kier molecular flexibility index (Phi) is 45.6. The second kappa shape index (κ2) is 59.8. The summed E-state index contributed by atoms with van der Waals surface area (Å²) in [7, 11) is -9.60. The number of ketones is 1. The third-order valence-electron chi connectivity index (χ3n) is 24.9. The van der Waals surface area contributed by atoms with Gasteiger partial charge in [0.25, 0.3) is 0 Å². The minimum atomic E-state index is -4.81. The van der Waals surface area contributed by atoms with Crippen molar-refractivity contribution >= 4 is 27.4 Å². The second-order valence-electron chi connectivity index (χ2n) is 35.7. The summed E-state index contributed by atoms with van der Waals surface area (Å²) < 4.78 is 182. The zero-order valence-corrected chi connectivity index (χ0v) is 84.1. The maximum atomic E-state index is 16.4. The summed E-state index contributed by atoms with van der Waals surface area (Å²) in [6, 6.07) is 106. The molecule has 0 saturated carbocycles. The van der Waals surface area contributed by atoms with E-state index in [-0.39, 0.29) is 130 Å². The van der Waals surface area contributed by atoms with Crippen LogP contribution in [0.3, 0.4) is 0 Å². The molecule has 11 unspecified atom stereocenters. The highest BCUT2D eigenvalue weighted by molar-refractivity contribution is 7.48. The van der Waals surface area contributed by atoms with Gasteiger partial charge in [-0.25, -0.2) is 9.13 Å². The van der Waals surface area contributed by atoms with Crippen LogP contribution < -0.4 is 0 Å². The number of phosphoric acid groups is 2. The van der Waals surface area contributed by atoms with Crippen LogP contribution in [0.25, 0.3) is 0 Å². The van der Waals surface area contributed by atoms with Crippen LogP contribution in [0.5, 0.6) is 0 Å². The average molecular weight is 2010 g/mol. The van der Waals surface area contributed by atoms with Gasteiger partial charge in [0.15, 0.2) is 18.9 Å². The van der Waals surface area contributed by atoms with Crippen LogP contribution in [0.4, 0.5) is 0 Å². The van der Waals surface area contributed by atoms with Gasteiger partial charge >= 0.3 is 21.6 Å². The van der Waals surface area contributed by atoms with Gasteiger partial charge in [0.1, 0.15) is 79.0 Å². The fraction of sp³-hybridized carbons (Fsp3) is 0.409. The SMILES string of the molecule is CC[C@H]1O[C@@H](OCC(OCc2ccccc2)C(OCc2ccccc2)C(COP(=O)(OCc2ccccc2)O[C@@H]2C[C@H](OCC(OCc3ccccc3)C(OCc3ccccc3)C(COP(=O)(OCc3ccccc3)O[C@@H]3C[C@H](OCC(OCc4ccccc4)C(OCc4ccccc4)C(CO)OCc4ccccc4)O[C@@H]3CC)OCc3ccccc3)O[C@@H]2CC)OCc2ccccc2)C[C@H]1OC(=O)CCC(C)=O. The van der Waals surface area contributed by atoms with Gasteiger partial charge in [-0.3, -0.25) is 31.9 Å². The van der Waals surface area contributed by atoms with Crippen molar-refractivity contribution < 1.29 is 127 Å². The molecule has 27 nitrogen and oxygen atoms in total. The number of hydrogen-bond donors (Lipinski definition) is 1. The van der Waals surface area contributed by atoms with Crippen LogP contribution in [0.2, 0.25) is 0 Å². The van der Waals surface area contributed by atoms with Gasteiger partial charge in [-0.2, -0.15) is 0 Å². The molecule has 144 heavy (non-hydrogen) atoms. The molecule has 0 spiro atoms. The molecule has 3 fully saturated rings. The summed E-state index contributed by atoms with van der Waals surface area (Å²) in [6.45, 7) is 5.82. The minimum absolute atomic E-state index is 0.00191. The van der Waals surface area contributed by atoms with Gasteiger partial charge in [0.05, 0.1) is 137 Å². The molecule has 0 radical (unpaired) electrons. The molecular formula is C115H136O27P2. The van der Waals surface area contributed by atoms with Gasteiger partial charge in [0, 0.05) is 25.7 Å². The van der Waals surface area contributed by atoms with Crippen LogP contribution >= 0.6 is 15.6 Å². The number of esters is 1. The van der Waals surface area contributed by atoms with Crippen LogP contribution in [-0.2, 0) is 194 Å². The Bertz CT molecular complexity index is 5480. The van der Waals surface area contributed by atoms with Gasteiger partial charge in [0.2, 0.25) is 0 Å². The standard InChI is InChI=1S/C115H136O27P2/c1-5-97-100(137-109(118)64-63-85(4)117)65-110(138-97)127-81-105(123-71-88-45-23-10-24-46-88)114(131-76-93-55-33-15-34-56-93)107(125-73-90-49-27-12-28-50-90)83-135-144(120,134-79-96-61-39-18-40-62-96)142-102-67-112(140-99(102)7-3)129-82-106(124-72-89-47-25-11-26-48-89)115(132-77-94-57-35-16-36-58-94)108(126-74-91-51-29-13-30-52-91)84-136-143(119,133-78-95-59-37-17-38-60-95)141-101-66-111(139-98(101)6-2)128-80-104(122-70-87-43-21-9-22-44-87)113(130-75-92-53-31-14-32-54-92)103(68-116)121-69-86-41-19-8-20-42-86/h8-62,97-108,110-116H,5-7,63-84H2,1-4H3/t97-,98-,99-,100-,101-,102-,103?,104?,105?,106?,107?,108?,110-,111-,112-,113?,114?,115?,143?,144?/m1/s1. The Hall–Kier alpha value is -9.86. The minimum Gasteiger partial charge on any atom is -0.459 e. The van der Waals surface area contributed by atoms with E-state index in [1.807, 2.05) is 354 Å². The van der Waals surface area contributed by atoms with Gasteiger partial charge in [-0.05, 0) is 87.4 Å². The van der Waals surface area contributed by atoms with E-state index in [1.54, 1.807) is 0 Å². The maximum absolute atomic E-state index is 16.4. The molecule has 11 aromatic carbocycles. The number of ether oxygens (including phenoxy) is 16. The van der Waals surface area contributed by atoms with E-state index < -0.39 is 152 Å². The fourth-order valence-corrected chi connectivity index (χ4v) is 19.7.